The molecular formula is C39H45BrN10O5. The number of imide groups is 1. The van der Waals surface area contributed by atoms with Crippen molar-refractivity contribution in [3.8, 4) is 11.5 Å². The van der Waals surface area contributed by atoms with Gasteiger partial charge in [-0.05, 0) is 62.2 Å². The highest BCUT2D eigenvalue weighted by atomic mass is 79.9. The van der Waals surface area contributed by atoms with Gasteiger partial charge in [0.05, 0.1) is 37.3 Å². The van der Waals surface area contributed by atoms with E-state index in [0.29, 0.717) is 42.8 Å². The van der Waals surface area contributed by atoms with Gasteiger partial charge in [-0.1, -0.05) is 28.1 Å². The molecule has 3 aromatic carbocycles. The molecule has 0 unspecified atom stereocenters. The zero-order chi connectivity index (χ0) is 38.6. The smallest absolute Gasteiger partial charge is 0.329 e. The number of amides is 4. The highest BCUT2D eigenvalue weighted by molar-refractivity contribution is 9.10. The minimum absolute atomic E-state index is 0.0193. The van der Waals surface area contributed by atoms with Gasteiger partial charge in [0.1, 0.15) is 11.6 Å². The van der Waals surface area contributed by atoms with E-state index in [1.54, 1.807) is 18.8 Å². The minimum atomic E-state index is -0.476. The van der Waals surface area contributed by atoms with E-state index in [4.69, 9.17) is 19.4 Å². The number of methoxy groups -OCH3 is 1. The molecule has 0 bridgehead atoms. The molecule has 2 aromatic heterocycles. The molecule has 3 N–H and O–H groups in total. The molecule has 4 heterocycles. The number of carbonyl (C=O) groups excluding carboxylic acids is 3. The summed E-state index contributed by atoms with van der Waals surface area (Å²) in [6.45, 7) is 8.66. The largest absolute Gasteiger partial charge is 0.493 e. The van der Waals surface area contributed by atoms with Crippen molar-refractivity contribution in [1.82, 2.24) is 34.9 Å². The number of aromatic nitrogens is 4. The maximum absolute atomic E-state index is 13.1. The van der Waals surface area contributed by atoms with Gasteiger partial charge in [0.15, 0.2) is 17.3 Å². The fraction of sp³-hybridized carbons (Fsp3) is 0.385. The van der Waals surface area contributed by atoms with Crippen molar-refractivity contribution < 1.29 is 23.9 Å². The highest BCUT2D eigenvalue weighted by Gasteiger charge is 2.28. The molecule has 7 rings (SSSR count). The van der Waals surface area contributed by atoms with E-state index >= 15 is 0 Å². The van der Waals surface area contributed by atoms with Gasteiger partial charge < -0.3 is 25.0 Å². The molecule has 0 saturated carbocycles. The molecule has 0 aliphatic carbocycles. The lowest BCUT2D eigenvalue weighted by Crippen LogP contribution is -2.50. The molecule has 15 nitrogen and oxygen atoms in total. The molecule has 16 heteroatoms. The topological polar surface area (TPSA) is 159 Å². The Morgan fingerprint density at radius 3 is 2.58 bits per heavy atom. The number of benzene rings is 3. The fourth-order valence-corrected chi connectivity index (χ4v) is 7.41. The third-order valence-electron chi connectivity index (χ3n) is 9.98. The summed E-state index contributed by atoms with van der Waals surface area (Å²) in [6, 6.07) is 17.3. The van der Waals surface area contributed by atoms with E-state index in [1.165, 1.54) is 4.90 Å². The second-order valence-electron chi connectivity index (χ2n) is 13.8. The number of fused-ring (bicyclic) bond motifs is 2. The standard InChI is InChI=1S/C39H45BrN10O5/c1-24(26-7-5-8-27(40)19-26)42-37-30-21-33(54-4)34(22-31(30)43-25(2)44-37)55-18-6-12-48-14-16-49(17-15-48)36(52)23-41-28-9-10-29-32(20-28)47(3)46-38(29)50-13-11-35(51)45-39(50)53/h5,7-10,19-22,24,41H,6,11-18,23H2,1-4H3,(H,42,43,44)(H,45,51,53)/t24-/m1/s1. The highest BCUT2D eigenvalue weighted by Crippen LogP contribution is 2.36. The molecule has 55 heavy (non-hydrogen) atoms. The Bertz CT molecular complexity index is 2240. The predicted molar refractivity (Wildman–Crippen MR) is 215 cm³/mol. The maximum atomic E-state index is 13.1. The summed E-state index contributed by atoms with van der Waals surface area (Å²) in [7, 11) is 3.44. The molecule has 5 aromatic rings. The predicted octanol–water partition coefficient (Wildman–Crippen LogP) is 5.24. The van der Waals surface area contributed by atoms with Gasteiger partial charge in [0.2, 0.25) is 11.8 Å². The van der Waals surface area contributed by atoms with Crippen molar-refractivity contribution in [3.63, 3.8) is 0 Å². The third-order valence-corrected chi connectivity index (χ3v) is 10.5. The van der Waals surface area contributed by atoms with Gasteiger partial charge in [-0.3, -0.25) is 29.4 Å². The van der Waals surface area contributed by atoms with Gasteiger partial charge in [-0.15, -0.1) is 0 Å². The van der Waals surface area contributed by atoms with Crippen molar-refractivity contribution >= 4 is 72.9 Å². The third kappa shape index (κ3) is 8.60. The van der Waals surface area contributed by atoms with Crippen LogP contribution < -0.4 is 30.3 Å². The van der Waals surface area contributed by atoms with Crippen molar-refractivity contribution in [1.29, 1.82) is 0 Å². The average Bonchev–Trinajstić information content (AvgIpc) is 3.50. The minimum Gasteiger partial charge on any atom is -0.493 e. The van der Waals surface area contributed by atoms with Crippen LogP contribution in [0.1, 0.15) is 37.2 Å². The number of halogens is 1. The molecule has 4 amide bonds. The number of rotatable bonds is 13. The number of urea groups is 1. The van der Waals surface area contributed by atoms with Crippen molar-refractivity contribution in [2.75, 3.05) is 75.1 Å². The number of piperazine rings is 1. The van der Waals surface area contributed by atoms with Crippen LogP contribution in [0, 0.1) is 6.92 Å². The molecule has 1 atom stereocenters. The first-order valence-corrected chi connectivity index (χ1v) is 19.2. The Hall–Kier alpha value is -5.48. The van der Waals surface area contributed by atoms with E-state index in [2.05, 4.69) is 60.9 Å². The lowest BCUT2D eigenvalue weighted by atomic mass is 10.1. The molecule has 2 fully saturated rings. The van der Waals surface area contributed by atoms with Gasteiger partial charge >= 0.3 is 6.03 Å². The lowest BCUT2D eigenvalue weighted by Gasteiger charge is -2.34. The van der Waals surface area contributed by atoms with Crippen LogP contribution in [0.2, 0.25) is 0 Å². The number of carbonyl (C=O) groups is 3. The van der Waals surface area contributed by atoms with Crippen LogP contribution in [-0.4, -0.2) is 107 Å². The lowest BCUT2D eigenvalue weighted by molar-refractivity contribution is -0.131. The van der Waals surface area contributed by atoms with E-state index in [-0.39, 0.29) is 37.4 Å². The van der Waals surface area contributed by atoms with E-state index < -0.39 is 6.03 Å². The molecule has 2 aliphatic rings. The summed E-state index contributed by atoms with van der Waals surface area (Å²) in [4.78, 5) is 52.2. The maximum Gasteiger partial charge on any atom is 0.329 e. The van der Waals surface area contributed by atoms with E-state index in [1.807, 2.05) is 54.3 Å². The van der Waals surface area contributed by atoms with Gasteiger partial charge in [0.25, 0.3) is 0 Å². The van der Waals surface area contributed by atoms with Crippen molar-refractivity contribution in [2.24, 2.45) is 7.05 Å². The molecule has 2 aliphatic heterocycles. The normalized spacial score (nSPS) is 15.7. The quantitative estimate of drug-likeness (QED) is 0.134. The van der Waals surface area contributed by atoms with Crippen LogP contribution in [0.5, 0.6) is 11.5 Å². The molecule has 0 radical (unpaired) electrons. The van der Waals surface area contributed by atoms with Crippen LogP contribution in [0.4, 0.5) is 22.1 Å². The Morgan fingerprint density at radius 1 is 1.00 bits per heavy atom. The number of ether oxygens (including phenoxy) is 2. The van der Waals surface area contributed by atoms with Crippen LogP contribution in [0.3, 0.4) is 0 Å². The molecule has 0 spiro atoms. The summed E-state index contributed by atoms with van der Waals surface area (Å²) in [5.74, 6) is 2.89. The first-order chi connectivity index (χ1) is 26.6. The zero-order valence-electron chi connectivity index (χ0n) is 31.4. The molecule has 2 saturated heterocycles. The second kappa shape index (κ2) is 16.5. The Morgan fingerprint density at radius 2 is 1.82 bits per heavy atom. The fourth-order valence-electron chi connectivity index (χ4n) is 6.99. The number of hydrogen-bond acceptors (Lipinski definition) is 11. The van der Waals surface area contributed by atoms with E-state index in [0.717, 1.165) is 69.4 Å². The Balaban J connectivity index is 0.877. The van der Waals surface area contributed by atoms with Crippen molar-refractivity contribution in [2.45, 2.75) is 32.7 Å². The first-order valence-electron chi connectivity index (χ1n) is 18.4. The second-order valence-corrected chi connectivity index (χ2v) is 14.7. The Kier molecular flexibility index (Phi) is 11.3. The van der Waals surface area contributed by atoms with Crippen LogP contribution in [0.25, 0.3) is 21.8 Å². The zero-order valence-corrected chi connectivity index (χ0v) is 33.0. The number of hydrogen-bond donors (Lipinski definition) is 3. The van der Waals surface area contributed by atoms with Gasteiger partial charge in [-0.25, -0.2) is 14.8 Å². The molecular weight excluding hydrogens is 768 g/mol. The number of anilines is 3. The number of aryl methyl sites for hydroxylation is 2. The monoisotopic (exact) mass is 812 g/mol. The van der Waals surface area contributed by atoms with Crippen LogP contribution in [-0.2, 0) is 16.6 Å². The van der Waals surface area contributed by atoms with Crippen LogP contribution in [0.15, 0.2) is 59.1 Å². The van der Waals surface area contributed by atoms with Crippen molar-refractivity contribution in [3.05, 3.63) is 70.5 Å². The SMILES string of the molecule is COc1cc2c(N[C@H](C)c3cccc(Br)c3)nc(C)nc2cc1OCCCN1CCN(C(=O)CNc2ccc3c(N4CCC(=O)NC4=O)nn(C)c3c2)CC1. The number of nitrogens with one attached hydrogen (secondary N) is 3. The molecule has 288 valence electrons. The van der Waals surface area contributed by atoms with Crippen LogP contribution >= 0.6 is 15.9 Å². The summed E-state index contributed by atoms with van der Waals surface area (Å²) < 4.78 is 14.7. The summed E-state index contributed by atoms with van der Waals surface area (Å²) in [5.41, 5.74) is 3.50. The summed E-state index contributed by atoms with van der Waals surface area (Å²) in [6.07, 6.45) is 1.04. The number of nitrogens with zero attached hydrogens (tertiary/aromatic N) is 7. The van der Waals surface area contributed by atoms with E-state index in [9.17, 15) is 14.4 Å². The summed E-state index contributed by atoms with van der Waals surface area (Å²) in [5, 5.41) is 15.3. The summed E-state index contributed by atoms with van der Waals surface area (Å²) >= 11 is 3.56. The van der Waals surface area contributed by atoms with Gasteiger partial charge in [0, 0.05) is 79.7 Å². The average molecular weight is 814 g/mol. The van der Waals surface area contributed by atoms with Gasteiger partial charge in [-0.2, -0.15) is 5.10 Å². The Labute approximate surface area is 327 Å². The first kappa shape index (κ1) is 37.8.